The number of ether oxygens (including phenoxy) is 1. The van der Waals surface area contributed by atoms with Crippen molar-refractivity contribution in [2.24, 2.45) is 0 Å². The molecule has 2 rings (SSSR count). The Bertz CT molecular complexity index is 595. The lowest BCUT2D eigenvalue weighted by Gasteiger charge is -2.20. The van der Waals surface area contributed by atoms with Crippen LogP contribution in [0.25, 0.3) is 0 Å². The molecular weight excluding hydrogens is 289 g/mol. The summed E-state index contributed by atoms with van der Waals surface area (Å²) in [6.07, 6.45) is 2.78. The van der Waals surface area contributed by atoms with Gasteiger partial charge in [-0.05, 0) is 69.6 Å². The van der Waals surface area contributed by atoms with Gasteiger partial charge in [0.1, 0.15) is 11.6 Å². The van der Waals surface area contributed by atoms with Crippen molar-refractivity contribution in [2.45, 2.75) is 32.2 Å². The Kier molecular flexibility index (Phi) is 6.60. The molecule has 0 bridgehead atoms. The normalized spacial score (nSPS) is 12.4. The second-order valence-corrected chi connectivity index (χ2v) is 6.18. The molecule has 0 fully saturated rings. The Hall–Kier alpha value is -1.87. The van der Waals surface area contributed by atoms with E-state index in [0.29, 0.717) is 12.6 Å². The lowest BCUT2D eigenvalue weighted by Crippen LogP contribution is -2.26. The van der Waals surface area contributed by atoms with E-state index in [1.807, 2.05) is 30.3 Å². The Morgan fingerprint density at radius 1 is 1.00 bits per heavy atom. The van der Waals surface area contributed by atoms with Gasteiger partial charge in [-0.25, -0.2) is 4.39 Å². The Morgan fingerprint density at radius 3 is 2.39 bits per heavy atom. The van der Waals surface area contributed by atoms with E-state index in [1.54, 1.807) is 0 Å². The summed E-state index contributed by atoms with van der Waals surface area (Å²) < 4.78 is 18.9. The lowest BCUT2D eigenvalue weighted by atomic mass is 10.0. The van der Waals surface area contributed by atoms with Gasteiger partial charge in [0, 0.05) is 6.04 Å². The van der Waals surface area contributed by atoms with E-state index in [2.05, 4.69) is 32.0 Å². The fourth-order valence-corrected chi connectivity index (χ4v) is 2.38. The van der Waals surface area contributed by atoms with Crippen molar-refractivity contribution in [2.75, 3.05) is 20.7 Å². The van der Waals surface area contributed by atoms with Gasteiger partial charge in [-0.1, -0.05) is 30.3 Å². The molecule has 2 aromatic carbocycles. The molecular formula is C20H26FNO. The van der Waals surface area contributed by atoms with Crippen LogP contribution in [0.2, 0.25) is 0 Å². The van der Waals surface area contributed by atoms with E-state index in [-0.39, 0.29) is 5.82 Å². The van der Waals surface area contributed by atoms with Gasteiger partial charge in [-0.3, -0.25) is 0 Å². The fraction of sp³-hybridized carbons (Fsp3) is 0.400. The Labute approximate surface area is 138 Å². The molecule has 2 aromatic rings. The number of aryl methyl sites for hydroxylation is 2. The number of rotatable bonds is 8. The number of hydrogen-bond acceptors (Lipinski definition) is 2. The predicted molar refractivity (Wildman–Crippen MR) is 93.5 cm³/mol. The molecule has 3 heteroatoms. The van der Waals surface area contributed by atoms with Crippen LogP contribution in [0.5, 0.6) is 5.75 Å². The maximum Gasteiger partial charge on any atom is 0.123 e. The molecule has 0 saturated carbocycles. The van der Waals surface area contributed by atoms with Crippen molar-refractivity contribution in [1.82, 2.24) is 4.90 Å². The minimum Gasteiger partial charge on any atom is -0.493 e. The third kappa shape index (κ3) is 5.68. The monoisotopic (exact) mass is 315 g/mol. The van der Waals surface area contributed by atoms with E-state index in [0.717, 1.165) is 30.6 Å². The van der Waals surface area contributed by atoms with Crippen LogP contribution >= 0.6 is 0 Å². The second-order valence-electron chi connectivity index (χ2n) is 6.18. The highest BCUT2D eigenvalue weighted by molar-refractivity contribution is 5.34. The first-order valence-electron chi connectivity index (χ1n) is 8.18. The van der Waals surface area contributed by atoms with Gasteiger partial charge in [0.15, 0.2) is 0 Å². The van der Waals surface area contributed by atoms with Crippen molar-refractivity contribution in [3.05, 3.63) is 65.5 Å². The Balaban J connectivity index is 1.90. The first kappa shape index (κ1) is 17.5. The van der Waals surface area contributed by atoms with Crippen LogP contribution in [0, 0.1) is 5.82 Å². The summed E-state index contributed by atoms with van der Waals surface area (Å²) in [5.74, 6) is 0.771. The van der Waals surface area contributed by atoms with E-state index in [1.165, 1.54) is 17.7 Å². The molecule has 0 aromatic heterocycles. The smallest absolute Gasteiger partial charge is 0.123 e. The first-order chi connectivity index (χ1) is 11.1. The van der Waals surface area contributed by atoms with E-state index >= 15 is 0 Å². The third-order valence-corrected chi connectivity index (χ3v) is 4.24. The molecule has 0 aliphatic heterocycles. The third-order valence-electron chi connectivity index (χ3n) is 4.24. The minimum atomic E-state index is -0.188. The molecule has 0 radical (unpaired) electrons. The maximum atomic E-state index is 13.0. The number of nitrogens with zero attached hydrogens (tertiary/aromatic N) is 1. The van der Waals surface area contributed by atoms with Crippen molar-refractivity contribution in [1.29, 1.82) is 0 Å². The molecule has 0 aliphatic carbocycles. The largest absolute Gasteiger partial charge is 0.493 e. The number of benzene rings is 2. The molecule has 0 heterocycles. The molecule has 0 amide bonds. The molecule has 1 atom stereocenters. The summed E-state index contributed by atoms with van der Waals surface area (Å²) in [7, 11) is 4.17. The highest BCUT2D eigenvalue weighted by atomic mass is 19.1. The standard InChI is InChI=1S/C20H26FNO/c1-16(22(2)3)14-15-23-20-7-5-4-6-18(20)11-8-17-9-12-19(21)13-10-17/h4-7,9-10,12-13,16H,8,11,14-15H2,1-3H3. The van der Waals surface area contributed by atoms with Crippen LogP contribution in [-0.4, -0.2) is 31.6 Å². The molecule has 124 valence electrons. The average molecular weight is 315 g/mol. The van der Waals surface area contributed by atoms with Crippen LogP contribution < -0.4 is 4.74 Å². The van der Waals surface area contributed by atoms with Gasteiger partial charge in [0.05, 0.1) is 6.61 Å². The summed E-state index contributed by atoms with van der Waals surface area (Å²) in [6, 6.07) is 15.4. The summed E-state index contributed by atoms with van der Waals surface area (Å²) in [5.41, 5.74) is 2.34. The molecule has 0 N–H and O–H groups in total. The van der Waals surface area contributed by atoms with E-state index in [4.69, 9.17) is 4.74 Å². The molecule has 1 unspecified atom stereocenters. The molecule has 0 spiro atoms. The SMILES string of the molecule is CC(CCOc1ccccc1CCc1ccc(F)cc1)N(C)C. The molecule has 2 nitrogen and oxygen atoms in total. The summed E-state index contributed by atoms with van der Waals surface area (Å²) >= 11 is 0. The van der Waals surface area contributed by atoms with Crippen LogP contribution in [0.1, 0.15) is 24.5 Å². The van der Waals surface area contributed by atoms with Crippen molar-refractivity contribution in [3.63, 3.8) is 0 Å². The van der Waals surface area contributed by atoms with Gasteiger partial charge in [0.2, 0.25) is 0 Å². The van der Waals surface area contributed by atoms with Crippen molar-refractivity contribution < 1.29 is 9.13 Å². The molecule has 23 heavy (non-hydrogen) atoms. The van der Waals surface area contributed by atoms with Gasteiger partial charge in [-0.15, -0.1) is 0 Å². The van der Waals surface area contributed by atoms with Gasteiger partial charge >= 0.3 is 0 Å². The number of halogens is 1. The number of hydrogen-bond donors (Lipinski definition) is 0. The quantitative estimate of drug-likeness (QED) is 0.719. The van der Waals surface area contributed by atoms with Crippen LogP contribution in [0.15, 0.2) is 48.5 Å². The van der Waals surface area contributed by atoms with Gasteiger partial charge in [0.25, 0.3) is 0 Å². The first-order valence-corrected chi connectivity index (χ1v) is 8.18. The fourth-order valence-electron chi connectivity index (χ4n) is 2.38. The molecule has 0 aliphatic rings. The van der Waals surface area contributed by atoms with Crippen LogP contribution in [-0.2, 0) is 12.8 Å². The predicted octanol–water partition coefficient (Wildman–Crippen LogP) is 4.33. The topological polar surface area (TPSA) is 12.5 Å². The minimum absolute atomic E-state index is 0.188. The summed E-state index contributed by atoms with van der Waals surface area (Å²) in [6.45, 7) is 2.91. The van der Waals surface area contributed by atoms with Crippen LogP contribution in [0.3, 0.4) is 0 Å². The summed E-state index contributed by atoms with van der Waals surface area (Å²) in [5, 5.41) is 0. The molecule has 0 saturated heterocycles. The highest BCUT2D eigenvalue weighted by Crippen LogP contribution is 2.20. The van der Waals surface area contributed by atoms with Crippen molar-refractivity contribution >= 4 is 0 Å². The average Bonchev–Trinajstić information content (AvgIpc) is 2.55. The van der Waals surface area contributed by atoms with E-state index < -0.39 is 0 Å². The second kappa shape index (κ2) is 8.68. The zero-order valence-corrected chi connectivity index (χ0v) is 14.3. The zero-order chi connectivity index (χ0) is 16.7. The highest BCUT2D eigenvalue weighted by Gasteiger charge is 2.07. The van der Waals surface area contributed by atoms with Crippen LogP contribution in [0.4, 0.5) is 4.39 Å². The number of para-hydroxylation sites is 1. The Morgan fingerprint density at radius 2 is 1.70 bits per heavy atom. The van der Waals surface area contributed by atoms with Gasteiger partial charge in [-0.2, -0.15) is 0 Å². The summed E-state index contributed by atoms with van der Waals surface area (Å²) in [4.78, 5) is 2.20. The van der Waals surface area contributed by atoms with E-state index in [9.17, 15) is 4.39 Å². The lowest BCUT2D eigenvalue weighted by molar-refractivity contribution is 0.232. The van der Waals surface area contributed by atoms with Gasteiger partial charge < -0.3 is 9.64 Å². The van der Waals surface area contributed by atoms with Crippen molar-refractivity contribution in [3.8, 4) is 5.75 Å². The zero-order valence-electron chi connectivity index (χ0n) is 14.3. The maximum absolute atomic E-state index is 13.0.